The number of nitrogens with zero attached hydrogens (tertiary/aromatic N) is 2. The van der Waals surface area contributed by atoms with Gasteiger partial charge in [0, 0.05) is 50.1 Å². The molecular formula is C17H24ClN3O5S. The molecule has 0 spiro atoms. The summed E-state index contributed by atoms with van der Waals surface area (Å²) in [5.41, 5.74) is 1.48. The van der Waals surface area contributed by atoms with Gasteiger partial charge in [0.1, 0.15) is 0 Å². The summed E-state index contributed by atoms with van der Waals surface area (Å²) in [5, 5.41) is 9.73. The number of piperazine rings is 1. The fraction of sp³-hybridized carbons (Fsp3) is 0.588. The molecule has 2 aliphatic rings. The van der Waals surface area contributed by atoms with Gasteiger partial charge in [0.15, 0.2) is 0 Å². The molecule has 8 nitrogen and oxygen atoms in total. The number of sulfonamides is 1. The van der Waals surface area contributed by atoms with E-state index in [1.807, 2.05) is 24.3 Å². The Morgan fingerprint density at radius 2 is 1.74 bits per heavy atom. The summed E-state index contributed by atoms with van der Waals surface area (Å²) < 4.78 is 32.6. The van der Waals surface area contributed by atoms with Gasteiger partial charge in [-0.15, -0.1) is 0 Å². The van der Waals surface area contributed by atoms with E-state index in [0.29, 0.717) is 44.4 Å². The van der Waals surface area contributed by atoms with Crippen LogP contribution in [0.5, 0.6) is 0 Å². The van der Waals surface area contributed by atoms with Gasteiger partial charge in [0.2, 0.25) is 10.0 Å². The zero-order valence-electron chi connectivity index (χ0n) is 14.9. The molecule has 0 saturated carbocycles. The lowest BCUT2D eigenvalue weighted by atomic mass is 9.81. The lowest BCUT2D eigenvalue weighted by Crippen LogP contribution is -2.54. The number of rotatable bonds is 5. The molecule has 2 heterocycles. The molecule has 150 valence electrons. The number of carbonyl (C=O) groups excluding carboxylic acids is 1. The molecule has 2 N–H and O–H groups in total. The number of nitrogens with one attached hydrogen (secondary N) is 1. The predicted molar refractivity (Wildman–Crippen MR) is 101 cm³/mol. The van der Waals surface area contributed by atoms with Crippen LogP contribution in [-0.2, 0) is 19.6 Å². The van der Waals surface area contributed by atoms with Crippen molar-refractivity contribution in [1.82, 2.24) is 9.79 Å². The van der Waals surface area contributed by atoms with Crippen LogP contribution in [-0.4, -0.2) is 69.0 Å². The maximum Gasteiger partial charge on any atom is 0.250 e. The van der Waals surface area contributed by atoms with E-state index in [1.165, 1.54) is 4.31 Å². The van der Waals surface area contributed by atoms with Crippen LogP contribution in [0.3, 0.4) is 0 Å². The number of anilines is 1. The number of ether oxygens (including phenoxy) is 1. The minimum absolute atomic E-state index is 0.267. The van der Waals surface area contributed by atoms with Crippen molar-refractivity contribution in [1.29, 1.82) is 0 Å². The summed E-state index contributed by atoms with van der Waals surface area (Å²) in [6.45, 7) is 2.41. The van der Waals surface area contributed by atoms with Crippen molar-refractivity contribution in [3.8, 4) is 0 Å². The van der Waals surface area contributed by atoms with Crippen molar-refractivity contribution in [2.24, 2.45) is 5.41 Å². The molecule has 2 aliphatic heterocycles. The minimum Gasteiger partial charge on any atom is -0.381 e. The van der Waals surface area contributed by atoms with E-state index in [1.54, 1.807) is 5.48 Å². The molecule has 0 radical (unpaired) electrons. The van der Waals surface area contributed by atoms with Crippen LogP contribution in [0.25, 0.3) is 0 Å². The fourth-order valence-corrected chi connectivity index (χ4v) is 5.78. The van der Waals surface area contributed by atoms with E-state index >= 15 is 0 Å². The Bertz CT molecular complexity index is 757. The number of hydrogen-bond acceptors (Lipinski definition) is 6. The fourth-order valence-electron chi connectivity index (χ4n) is 3.63. The number of hydrogen-bond donors (Lipinski definition) is 2. The number of carbonyl (C=O) groups is 1. The highest BCUT2D eigenvalue weighted by Crippen LogP contribution is 2.33. The topological polar surface area (TPSA) is 99.2 Å². The van der Waals surface area contributed by atoms with Crippen LogP contribution < -0.4 is 10.4 Å². The summed E-state index contributed by atoms with van der Waals surface area (Å²) in [6.07, 6.45) is 0.534. The van der Waals surface area contributed by atoms with Crippen molar-refractivity contribution in [3.63, 3.8) is 0 Å². The molecule has 27 heavy (non-hydrogen) atoms. The smallest absolute Gasteiger partial charge is 0.250 e. The molecule has 0 aliphatic carbocycles. The Morgan fingerprint density at radius 1 is 1.15 bits per heavy atom. The van der Waals surface area contributed by atoms with E-state index in [-0.39, 0.29) is 18.6 Å². The second-order valence-electron chi connectivity index (χ2n) is 6.95. The van der Waals surface area contributed by atoms with E-state index in [9.17, 15) is 13.2 Å². The molecule has 3 rings (SSSR count). The quantitative estimate of drug-likeness (QED) is 0.549. The zero-order valence-corrected chi connectivity index (χ0v) is 16.5. The molecule has 2 saturated heterocycles. The standard InChI is InChI=1S/C17H24ClN3O5S/c18-14-1-3-15(4-2-14)20-7-9-21(10-8-20)27(24,25)13-17(16(22)19-23)5-11-26-12-6-17/h1-4,23H,5-13H2,(H,19,22). The first-order valence-electron chi connectivity index (χ1n) is 8.87. The lowest BCUT2D eigenvalue weighted by molar-refractivity contribution is -0.143. The summed E-state index contributed by atoms with van der Waals surface area (Å²) in [6, 6.07) is 7.44. The molecule has 0 unspecified atom stereocenters. The Morgan fingerprint density at radius 3 is 2.30 bits per heavy atom. The summed E-state index contributed by atoms with van der Waals surface area (Å²) in [7, 11) is -3.65. The van der Waals surface area contributed by atoms with Gasteiger partial charge < -0.3 is 9.64 Å². The molecule has 2 fully saturated rings. The van der Waals surface area contributed by atoms with E-state index < -0.39 is 21.3 Å². The van der Waals surface area contributed by atoms with Crippen molar-refractivity contribution >= 4 is 33.2 Å². The molecule has 1 amide bonds. The number of benzene rings is 1. The maximum atomic E-state index is 13.0. The van der Waals surface area contributed by atoms with Crippen LogP contribution in [0.15, 0.2) is 24.3 Å². The van der Waals surface area contributed by atoms with Gasteiger partial charge in [-0.3, -0.25) is 10.0 Å². The van der Waals surface area contributed by atoms with E-state index in [4.69, 9.17) is 21.5 Å². The van der Waals surface area contributed by atoms with Gasteiger partial charge in [0.05, 0.1) is 11.2 Å². The summed E-state index contributed by atoms with van der Waals surface area (Å²) in [4.78, 5) is 14.3. The highest BCUT2D eigenvalue weighted by Gasteiger charge is 2.45. The van der Waals surface area contributed by atoms with Crippen molar-refractivity contribution in [2.75, 3.05) is 50.0 Å². The number of halogens is 1. The number of hydroxylamine groups is 1. The second kappa shape index (κ2) is 8.32. The molecule has 0 bridgehead atoms. The zero-order chi connectivity index (χ0) is 19.5. The third-order valence-electron chi connectivity index (χ3n) is 5.32. The average molecular weight is 418 g/mol. The Hall–Kier alpha value is -1.39. The molecular weight excluding hydrogens is 394 g/mol. The first kappa shape index (κ1) is 20.3. The van der Waals surface area contributed by atoms with Gasteiger partial charge >= 0.3 is 0 Å². The van der Waals surface area contributed by atoms with Gasteiger partial charge in [-0.25, -0.2) is 13.9 Å². The van der Waals surface area contributed by atoms with Gasteiger partial charge in [0.25, 0.3) is 5.91 Å². The highest BCUT2D eigenvalue weighted by molar-refractivity contribution is 7.89. The van der Waals surface area contributed by atoms with Crippen LogP contribution in [0.1, 0.15) is 12.8 Å². The van der Waals surface area contributed by atoms with Crippen molar-refractivity contribution in [3.05, 3.63) is 29.3 Å². The molecule has 10 heteroatoms. The van der Waals surface area contributed by atoms with E-state index in [2.05, 4.69) is 4.90 Å². The molecule has 0 atom stereocenters. The maximum absolute atomic E-state index is 13.0. The van der Waals surface area contributed by atoms with Crippen LogP contribution in [0.2, 0.25) is 5.02 Å². The predicted octanol–water partition coefficient (Wildman–Crippen LogP) is 1.09. The number of amides is 1. The van der Waals surface area contributed by atoms with Crippen LogP contribution in [0.4, 0.5) is 5.69 Å². The first-order valence-corrected chi connectivity index (χ1v) is 10.9. The molecule has 1 aromatic rings. The highest BCUT2D eigenvalue weighted by atomic mass is 35.5. The van der Waals surface area contributed by atoms with Crippen LogP contribution >= 0.6 is 11.6 Å². The van der Waals surface area contributed by atoms with Gasteiger partial charge in [-0.2, -0.15) is 4.31 Å². The third-order valence-corrected chi connectivity index (χ3v) is 7.64. The summed E-state index contributed by atoms with van der Waals surface area (Å²) in [5.74, 6) is -0.981. The van der Waals surface area contributed by atoms with Crippen molar-refractivity contribution < 1.29 is 23.2 Å². The monoisotopic (exact) mass is 417 g/mol. The third kappa shape index (κ3) is 4.55. The first-order chi connectivity index (χ1) is 12.9. The molecule has 0 aromatic heterocycles. The Kier molecular flexibility index (Phi) is 6.27. The largest absolute Gasteiger partial charge is 0.381 e. The Balaban J connectivity index is 1.67. The van der Waals surface area contributed by atoms with E-state index in [0.717, 1.165) is 5.69 Å². The molecule has 1 aromatic carbocycles. The van der Waals surface area contributed by atoms with Gasteiger partial charge in [-0.05, 0) is 37.1 Å². The van der Waals surface area contributed by atoms with Crippen molar-refractivity contribution in [2.45, 2.75) is 12.8 Å². The minimum atomic E-state index is -3.65. The average Bonchev–Trinajstić information content (AvgIpc) is 2.68. The van der Waals surface area contributed by atoms with Gasteiger partial charge in [-0.1, -0.05) is 11.6 Å². The second-order valence-corrected chi connectivity index (χ2v) is 9.36. The SMILES string of the molecule is O=C(NO)C1(CS(=O)(=O)N2CCN(c3ccc(Cl)cc3)CC2)CCOCC1. The van der Waals surface area contributed by atoms with Crippen LogP contribution in [0, 0.1) is 5.41 Å². The Labute approximate surface area is 164 Å². The normalized spacial score (nSPS) is 21.0. The summed E-state index contributed by atoms with van der Waals surface area (Å²) >= 11 is 5.91. The lowest BCUT2D eigenvalue weighted by Gasteiger charge is -2.39.